The van der Waals surface area contributed by atoms with E-state index in [4.69, 9.17) is 4.74 Å². The molecule has 0 radical (unpaired) electrons. The number of nitrogens with zero attached hydrogens (tertiary/aromatic N) is 2. The van der Waals surface area contributed by atoms with E-state index in [1.54, 1.807) is 18.1 Å². The van der Waals surface area contributed by atoms with Crippen LogP contribution in [0.25, 0.3) is 0 Å². The van der Waals surface area contributed by atoms with Crippen LogP contribution < -0.4 is 5.32 Å². The number of hydrogen-bond acceptors (Lipinski definition) is 3. The number of pyridine rings is 1. The van der Waals surface area contributed by atoms with Crippen molar-refractivity contribution >= 4 is 6.03 Å². The van der Waals surface area contributed by atoms with E-state index in [9.17, 15) is 4.79 Å². The molecule has 1 heterocycles. The van der Waals surface area contributed by atoms with Gasteiger partial charge in [0.25, 0.3) is 0 Å². The fourth-order valence-electron chi connectivity index (χ4n) is 2.91. The van der Waals surface area contributed by atoms with Crippen molar-refractivity contribution in [3.63, 3.8) is 0 Å². The predicted octanol–water partition coefficient (Wildman–Crippen LogP) is 3.52. The van der Waals surface area contributed by atoms with Crippen LogP contribution in [0, 0.1) is 0 Å². The van der Waals surface area contributed by atoms with Gasteiger partial charge in [-0.2, -0.15) is 0 Å². The molecular weight excluding hydrogens is 290 g/mol. The number of amides is 2. The molecule has 128 valence electrons. The van der Waals surface area contributed by atoms with Crippen molar-refractivity contribution in [1.29, 1.82) is 0 Å². The Kier molecular flexibility index (Phi) is 7.33. The van der Waals surface area contributed by atoms with Gasteiger partial charge in [-0.15, -0.1) is 0 Å². The van der Waals surface area contributed by atoms with Crippen LogP contribution in [0.4, 0.5) is 4.79 Å². The Morgan fingerprint density at radius 2 is 2.09 bits per heavy atom. The molecule has 5 nitrogen and oxygen atoms in total. The average molecular weight is 319 g/mol. The number of rotatable bonds is 6. The lowest BCUT2D eigenvalue weighted by Gasteiger charge is -2.25. The number of nitrogens with one attached hydrogen (secondary N) is 1. The van der Waals surface area contributed by atoms with E-state index in [-0.39, 0.29) is 12.1 Å². The number of ether oxygens (including phenoxy) is 1. The van der Waals surface area contributed by atoms with Gasteiger partial charge in [0.05, 0.1) is 24.4 Å². The maximum absolute atomic E-state index is 12.2. The molecule has 1 atom stereocenters. The number of hydrogen-bond donors (Lipinski definition) is 1. The highest BCUT2D eigenvalue weighted by Crippen LogP contribution is 2.19. The van der Waals surface area contributed by atoms with E-state index in [1.165, 1.54) is 25.7 Å². The lowest BCUT2D eigenvalue weighted by atomic mass is 10.1. The predicted molar refractivity (Wildman–Crippen MR) is 91.3 cm³/mol. The molecule has 0 saturated heterocycles. The number of carbonyl (C=O) groups excluding carboxylic acids is 1. The maximum Gasteiger partial charge on any atom is 0.317 e. The Balaban J connectivity index is 1.67. The molecule has 2 amide bonds. The number of aromatic nitrogens is 1. The van der Waals surface area contributed by atoms with Gasteiger partial charge >= 0.3 is 6.03 Å². The highest BCUT2D eigenvalue weighted by Gasteiger charge is 2.18. The summed E-state index contributed by atoms with van der Waals surface area (Å²) in [6.07, 6.45) is 9.62. The quantitative estimate of drug-likeness (QED) is 0.645. The van der Waals surface area contributed by atoms with Crippen LogP contribution in [0.15, 0.2) is 24.4 Å². The fourth-order valence-corrected chi connectivity index (χ4v) is 2.91. The molecule has 1 N–H and O–H groups in total. The summed E-state index contributed by atoms with van der Waals surface area (Å²) in [6.45, 7) is 3.11. The molecule has 0 bridgehead atoms. The highest BCUT2D eigenvalue weighted by atomic mass is 16.5. The second kappa shape index (κ2) is 9.50. The summed E-state index contributed by atoms with van der Waals surface area (Å²) in [6, 6.07) is 5.60. The summed E-state index contributed by atoms with van der Waals surface area (Å²) >= 11 is 0. The van der Waals surface area contributed by atoms with Crippen LogP contribution in [0.3, 0.4) is 0 Å². The van der Waals surface area contributed by atoms with Crippen molar-refractivity contribution in [2.75, 3.05) is 20.2 Å². The first-order valence-electron chi connectivity index (χ1n) is 8.71. The van der Waals surface area contributed by atoms with E-state index in [0.29, 0.717) is 19.3 Å². The van der Waals surface area contributed by atoms with Crippen LogP contribution in [-0.2, 0) is 4.74 Å². The molecule has 0 aromatic carbocycles. The molecule has 1 aliphatic carbocycles. The third-order valence-corrected chi connectivity index (χ3v) is 4.55. The summed E-state index contributed by atoms with van der Waals surface area (Å²) in [5.41, 5.74) is 0.889. The minimum atomic E-state index is -0.0902. The molecule has 1 fully saturated rings. The van der Waals surface area contributed by atoms with Crippen molar-refractivity contribution in [2.24, 2.45) is 0 Å². The zero-order valence-electron chi connectivity index (χ0n) is 14.3. The lowest BCUT2D eigenvalue weighted by molar-refractivity contribution is 0.0454. The van der Waals surface area contributed by atoms with Crippen LogP contribution in [0.2, 0.25) is 0 Å². The normalized spacial score (nSPS) is 17.3. The van der Waals surface area contributed by atoms with Gasteiger partial charge < -0.3 is 15.0 Å². The molecular formula is C18H29N3O2. The third-order valence-electron chi connectivity index (χ3n) is 4.55. The number of carbonyl (C=O) groups is 1. The molecule has 0 aliphatic heterocycles. The second-order valence-corrected chi connectivity index (χ2v) is 6.26. The van der Waals surface area contributed by atoms with E-state index in [2.05, 4.69) is 10.3 Å². The molecule has 5 heteroatoms. The van der Waals surface area contributed by atoms with E-state index in [0.717, 1.165) is 18.5 Å². The largest absolute Gasteiger partial charge is 0.376 e. The second-order valence-electron chi connectivity index (χ2n) is 6.26. The molecule has 1 aromatic rings. The van der Waals surface area contributed by atoms with Gasteiger partial charge in [-0.25, -0.2) is 4.79 Å². The van der Waals surface area contributed by atoms with E-state index in [1.807, 2.05) is 25.1 Å². The first-order chi connectivity index (χ1) is 11.2. The minimum absolute atomic E-state index is 0.0565. The summed E-state index contributed by atoms with van der Waals surface area (Å²) in [5, 5.41) is 2.92. The monoisotopic (exact) mass is 319 g/mol. The van der Waals surface area contributed by atoms with Gasteiger partial charge in [-0.05, 0) is 31.9 Å². The van der Waals surface area contributed by atoms with Gasteiger partial charge in [-0.3, -0.25) is 4.98 Å². The zero-order chi connectivity index (χ0) is 16.5. The first kappa shape index (κ1) is 17.7. The Labute approximate surface area is 139 Å². The Bertz CT molecular complexity index is 459. The van der Waals surface area contributed by atoms with Crippen molar-refractivity contribution in [3.05, 3.63) is 30.1 Å². The van der Waals surface area contributed by atoms with Gasteiger partial charge in [0.2, 0.25) is 0 Å². The summed E-state index contributed by atoms with van der Waals surface area (Å²) in [4.78, 5) is 18.2. The standard InChI is InChI=1S/C18H29N3O2/c1-15(17-11-7-8-12-19-17)21(2)18(22)20-13-14-23-16-9-5-3-4-6-10-16/h7-8,11-12,15-16H,3-6,9-10,13-14H2,1-2H3,(H,20,22). The molecule has 1 unspecified atom stereocenters. The van der Waals surface area contributed by atoms with Crippen molar-refractivity contribution in [3.8, 4) is 0 Å². The summed E-state index contributed by atoms with van der Waals surface area (Å²) in [7, 11) is 1.79. The van der Waals surface area contributed by atoms with Crippen molar-refractivity contribution in [1.82, 2.24) is 15.2 Å². The van der Waals surface area contributed by atoms with Gasteiger partial charge in [0, 0.05) is 19.8 Å². The Morgan fingerprint density at radius 1 is 1.35 bits per heavy atom. The van der Waals surface area contributed by atoms with E-state index >= 15 is 0 Å². The van der Waals surface area contributed by atoms with E-state index < -0.39 is 0 Å². The van der Waals surface area contributed by atoms with Crippen LogP contribution in [-0.4, -0.2) is 42.2 Å². The fraction of sp³-hybridized carbons (Fsp3) is 0.667. The van der Waals surface area contributed by atoms with Gasteiger partial charge in [-0.1, -0.05) is 31.7 Å². The molecule has 1 saturated carbocycles. The number of urea groups is 1. The SMILES string of the molecule is CC(c1ccccn1)N(C)C(=O)NCCOC1CCCCCC1. The lowest BCUT2D eigenvalue weighted by Crippen LogP contribution is -2.40. The Morgan fingerprint density at radius 3 is 2.74 bits per heavy atom. The third kappa shape index (κ3) is 5.82. The van der Waals surface area contributed by atoms with Gasteiger partial charge in [0.1, 0.15) is 0 Å². The summed E-state index contributed by atoms with van der Waals surface area (Å²) in [5.74, 6) is 0. The topological polar surface area (TPSA) is 54.5 Å². The molecule has 2 rings (SSSR count). The zero-order valence-corrected chi connectivity index (χ0v) is 14.3. The van der Waals surface area contributed by atoms with Crippen molar-refractivity contribution < 1.29 is 9.53 Å². The first-order valence-corrected chi connectivity index (χ1v) is 8.71. The summed E-state index contributed by atoms with van der Waals surface area (Å²) < 4.78 is 5.89. The van der Waals surface area contributed by atoms with Crippen LogP contribution in [0.1, 0.15) is 57.2 Å². The average Bonchev–Trinajstić information content (AvgIpc) is 2.86. The highest BCUT2D eigenvalue weighted by molar-refractivity contribution is 5.74. The van der Waals surface area contributed by atoms with Gasteiger partial charge in [0.15, 0.2) is 0 Å². The minimum Gasteiger partial charge on any atom is -0.376 e. The van der Waals surface area contributed by atoms with Crippen LogP contribution >= 0.6 is 0 Å². The molecule has 23 heavy (non-hydrogen) atoms. The molecule has 0 spiro atoms. The maximum atomic E-state index is 12.2. The smallest absolute Gasteiger partial charge is 0.317 e. The van der Waals surface area contributed by atoms with Crippen molar-refractivity contribution in [2.45, 2.75) is 57.6 Å². The molecule has 1 aliphatic rings. The Hall–Kier alpha value is -1.62. The van der Waals surface area contributed by atoms with Crippen LogP contribution in [0.5, 0.6) is 0 Å². The molecule has 1 aromatic heterocycles.